The average molecular weight is 458 g/mol. The lowest BCUT2D eigenvalue weighted by atomic mass is 10.2. The highest BCUT2D eigenvalue weighted by molar-refractivity contribution is 5.92. The molecular weight excluding hydrogens is 422 g/mol. The summed E-state index contributed by atoms with van der Waals surface area (Å²) in [5.41, 5.74) is 6.57. The molecule has 1 aliphatic rings. The zero-order chi connectivity index (χ0) is 23.9. The number of carbonyl (C=O) groups excluding carboxylic acids is 1. The number of rotatable bonds is 8. The fourth-order valence-electron chi connectivity index (χ4n) is 4.50. The molecule has 178 valence electrons. The van der Waals surface area contributed by atoms with Crippen molar-refractivity contribution in [1.82, 2.24) is 20.0 Å². The lowest BCUT2D eigenvalue weighted by molar-refractivity contribution is -0.116. The Balaban J connectivity index is 1.19. The van der Waals surface area contributed by atoms with Crippen LogP contribution in [0.1, 0.15) is 28.9 Å². The van der Waals surface area contributed by atoms with Crippen molar-refractivity contribution in [2.75, 3.05) is 44.2 Å². The van der Waals surface area contributed by atoms with Crippen LogP contribution in [-0.2, 0) is 4.79 Å². The second-order valence-electron chi connectivity index (χ2n) is 8.98. The minimum absolute atomic E-state index is 0.0597. The van der Waals surface area contributed by atoms with Crippen LogP contribution in [0.3, 0.4) is 0 Å². The Labute approximate surface area is 202 Å². The molecule has 1 N–H and O–H groups in total. The van der Waals surface area contributed by atoms with Crippen LogP contribution in [0.4, 0.5) is 5.69 Å². The van der Waals surface area contributed by atoms with E-state index in [1.807, 2.05) is 54.9 Å². The summed E-state index contributed by atoms with van der Waals surface area (Å²) in [6, 6.07) is 18.8. The molecule has 6 heteroatoms. The molecule has 1 aromatic heterocycles. The first kappa shape index (κ1) is 23.8. The Morgan fingerprint density at radius 2 is 1.71 bits per heavy atom. The monoisotopic (exact) mass is 457 g/mol. The molecule has 2 heterocycles. The maximum atomic E-state index is 12.3. The van der Waals surface area contributed by atoms with E-state index in [2.05, 4.69) is 51.4 Å². The van der Waals surface area contributed by atoms with Crippen molar-refractivity contribution >= 4 is 17.7 Å². The number of hydrogen-bond donors (Lipinski definition) is 1. The SMILES string of the molecule is Cc1cccc(N2CCN(CCCNC(=O)/C=C/c3c(C)nn(-c4ccccc4)c3C)CC2)c1. The highest BCUT2D eigenvalue weighted by Crippen LogP contribution is 2.19. The highest BCUT2D eigenvalue weighted by atomic mass is 16.1. The van der Waals surface area contributed by atoms with E-state index >= 15 is 0 Å². The van der Waals surface area contributed by atoms with Gasteiger partial charge in [0.15, 0.2) is 0 Å². The van der Waals surface area contributed by atoms with Crippen molar-refractivity contribution in [2.45, 2.75) is 27.2 Å². The second-order valence-corrected chi connectivity index (χ2v) is 8.98. The van der Waals surface area contributed by atoms with Crippen LogP contribution >= 0.6 is 0 Å². The van der Waals surface area contributed by atoms with Crippen LogP contribution in [0, 0.1) is 20.8 Å². The van der Waals surface area contributed by atoms with Gasteiger partial charge >= 0.3 is 0 Å². The molecule has 0 unspecified atom stereocenters. The van der Waals surface area contributed by atoms with Gasteiger partial charge in [0.25, 0.3) is 0 Å². The molecule has 0 aliphatic carbocycles. The van der Waals surface area contributed by atoms with Crippen molar-refractivity contribution < 1.29 is 4.79 Å². The summed E-state index contributed by atoms with van der Waals surface area (Å²) in [6.45, 7) is 12.1. The molecule has 0 radical (unpaired) electrons. The molecule has 1 aliphatic heterocycles. The number of aryl methyl sites for hydroxylation is 2. The van der Waals surface area contributed by atoms with Gasteiger partial charge in [-0.1, -0.05) is 30.3 Å². The maximum absolute atomic E-state index is 12.3. The predicted molar refractivity (Wildman–Crippen MR) is 140 cm³/mol. The third-order valence-electron chi connectivity index (χ3n) is 6.44. The number of benzene rings is 2. The molecule has 0 spiro atoms. The van der Waals surface area contributed by atoms with Crippen LogP contribution in [0.2, 0.25) is 0 Å². The summed E-state index contributed by atoms with van der Waals surface area (Å²) < 4.78 is 1.92. The van der Waals surface area contributed by atoms with E-state index in [-0.39, 0.29) is 5.91 Å². The minimum atomic E-state index is -0.0597. The molecule has 1 amide bonds. The molecule has 0 atom stereocenters. The third-order valence-corrected chi connectivity index (χ3v) is 6.44. The number of hydrogen-bond acceptors (Lipinski definition) is 4. The normalized spacial score (nSPS) is 14.6. The Morgan fingerprint density at radius 3 is 2.44 bits per heavy atom. The van der Waals surface area contributed by atoms with Crippen molar-refractivity contribution in [3.63, 3.8) is 0 Å². The van der Waals surface area contributed by atoms with Crippen molar-refractivity contribution in [1.29, 1.82) is 0 Å². The first-order chi connectivity index (χ1) is 16.5. The van der Waals surface area contributed by atoms with Gasteiger partial charge in [-0.25, -0.2) is 4.68 Å². The molecular formula is C28H35N5O. The van der Waals surface area contributed by atoms with Crippen LogP contribution in [0.25, 0.3) is 11.8 Å². The van der Waals surface area contributed by atoms with Gasteiger partial charge < -0.3 is 10.2 Å². The Morgan fingerprint density at radius 1 is 0.971 bits per heavy atom. The van der Waals surface area contributed by atoms with E-state index in [1.54, 1.807) is 6.08 Å². The van der Waals surface area contributed by atoms with E-state index in [0.29, 0.717) is 6.54 Å². The quantitative estimate of drug-likeness (QED) is 0.408. The zero-order valence-corrected chi connectivity index (χ0v) is 20.5. The fourth-order valence-corrected chi connectivity index (χ4v) is 4.50. The first-order valence-corrected chi connectivity index (χ1v) is 12.1. The van der Waals surface area contributed by atoms with Crippen LogP contribution in [0.5, 0.6) is 0 Å². The van der Waals surface area contributed by atoms with Crippen LogP contribution < -0.4 is 10.2 Å². The smallest absolute Gasteiger partial charge is 0.244 e. The molecule has 3 aromatic rings. The number of amides is 1. The van der Waals surface area contributed by atoms with E-state index in [1.165, 1.54) is 11.3 Å². The average Bonchev–Trinajstić information content (AvgIpc) is 3.14. The molecule has 0 saturated carbocycles. The summed E-state index contributed by atoms with van der Waals surface area (Å²) in [6.07, 6.45) is 4.44. The molecule has 6 nitrogen and oxygen atoms in total. The Kier molecular flexibility index (Phi) is 7.80. The fraction of sp³-hybridized carbons (Fsp3) is 0.357. The Bertz CT molecular complexity index is 1130. The van der Waals surface area contributed by atoms with Crippen LogP contribution in [-0.4, -0.2) is 59.9 Å². The third kappa shape index (κ3) is 5.94. The van der Waals surface area contributed by atoms with Gasteiger partial charge in [-0.15, -0.1) is 0 Å². The van der Waals surface area contributed by atoms with E-state index in [0.717, 1.165) is 61.8 Å². The van der Waals surface area contributed by atoms with Gasteiger partial charge in [-0.2, -0.15) is 5.10 Å². The predicted octanol–water partition coefficient (Wildman–Crippen LogP) is 4.14. The summed E-state index contributed by atoms with van der Waals surface area (Å²) >= 11 is 0. The number of piperazine rings is 1. The van der Waals surface area contributed by atoms with Gasteiger partial charge in [0, 0.05) is 55.7 Å². The second kappa shape index (κ2) is 11.2. The molecule has 1 saturated heterocycles. The summed E-state index contributed by atoms with van der Waals surface area (Å²) in [4.78, 5) is 17.3. The summed E-state index contributed by atoms with van der Waals surface area (Å²) in [5.74, 6) is -0.0597. The standard InChI is InChI=1S/C28H35N5O/c1-22-9-7-12-26(21-22)32-19-17-31(18-20-32)16-8-15-29-28(34)14-13-27-23(2)30-33(24(27)3)25-10-5-4-6-11-25/h4-7,9-14,21H,8,15-20H2,1-3H3,(H,29,34)/b14-13+. The van der Waals surface area contributed by atoms with E-state index in [4.69, 9.17) is 0 Å². The lowest BCUT2D eigenvalue weighted by Gasteiger charge is -2.36. The van der Waals surface area contributed by atoms with Gasteiger partial charge in [-0.05, 0) is 69.6 Å². The lowest BCUT2D eigenvalue weighted by Crippen LogP contribution is -2.47. The highest BCUT2D eigenvalue weighted by Gasteiger charge is 2.17. The summed E-state index contributed by atoms with van der Waals surface area (Å²) in [5, 5.41) is 7.66. The van der Waals surface area contributed by atoms with Crippen molar-refractivity contribution in [3.8, 4) is 5.69 Å². The van der Waals surface area contributed by atoms with Gasteiger partial charge in [0.2, 0.25) is 5.91 Å². The zero-order valence-electron chi connectivity index (χ0n) is 20.5. The van der Waals surface area contributed by atoms with Gasteiger partial charge in [-0.3, -0.25) is 9.69 Å². The number of nitrogens with one attached hydrogen (secondary N) is 1. The molecule has 2 aromatic carbocycles. The van der Waals surface area contributed by atoms with Crippen molar-refractivity contribution in [3.05, 3.63) is 83.2 Å². The van der Waals surface area contributed by atoms with Gasteiger partial charge in [0.1, 0.15) is 0 Å². The minimum Gasteiger partial charge on any atom is -0.369 e. The Hall–Kier alpha value is -3.38. The molecule has 0 bridgehead atoms. The van der Waals surface area contributed by atoms with Crippen LogP contribution in [0.15, 0.2) is 60.7 Å². The summed E-state index contributed by atoms with van der Waals surface area (Å²) in [7, 11) is 0. The maximum Gasteiger partial charge on any atom is 0.244 e. The first-order valence-electron chi connectivity index (χ1n) is 12.1. The largest absolute Gasteiger partial charge is 0.369 e. The van der Waals surface area contributed by atoms with Crippen molar-refractivity contribution in [2.24, 2.45) is 0 Å². The van der Waals surface area contributed by atoms with E-state index < -0.39 is 0 Å². The number of anilines is 1. The number of para-hydroxylation sites is 1. The number of nitrogens with zero attached hydrogens (tertiary/aromatic N) is 4. The molecule has 1 fully saturated rings. The van der Waals surface area contributed by atoms with Gasteiger partial charge in [0.05, 0.1) is 11.4 Å². The number of carbonyl (C=O) groups is 1. The molecule has 4 rings (SSSR count). The molecule has 34 heavy (non-hydrogen) atoms. The van der Waals surface area contributed by atoms with E-state index in [9.17, 15) is 4.79 Å². The number of aromatic nitrogens is 2. The topological polar surface area (TPSA) is 53.4 Å².